The van der Waals surface area contributed by atoms with Gasteiger partial charge in [0.25, 0.3) is 5.56 Å². The van der Waals surface area contributed by atoms with Crippen molar-refractivity contribution >= 4 is 35.1 Å². The van der Waals surface area contributed by atoms with Crippen molar-refractivity contribution in [3.8, 4) is 0 Å². The van der Waals surface area contributed by atoms with Crippen LogP contribution >= 0.6 is 11.8 Å². The average Bonchev–Trinajstić information content (AvgIpc) is 2.64. The molecule has 2 heterocycles. The van der Waals surface area contributed by atoms with Crippen molar-refractivity contribution in [3.63, 3.8) is 0 Å². The third kappa shape index (κ3) is 4.44. The van der Waals surface area contributed by atoms with Crippen molar-refractivity contribution in [2.45, 2.75) is 51.1 Å². The standard InChI is InChI=1S/C20H24N4O3S/c1-4-5-8-28-20-23-17-16(19(27)24-20)13(10-15(25)22-17)18(26)21-14-9-11(2)6-7-12(14)3/h6-7,9,13H,4-5,8,10H2,1-3H3,(H,21,26)(H2,22,23,24,25,27)/t13-/m0/s1. The van der Waals surface area contributed by atoms with Gasteiger partial charge in [-0.3, -0.25) is 14.4 Å². The van der Waals surface area contributed by atoms with Crippen LogP contribution in [0, 0.1) is 13.8 Å². The fraction of sp³-hybridized carbons (Fsp3) is 0.400. The first kappa shape index (κ1) is 20.1. The quantitative estimate of drug-likeness (QED) is 0.392. The summed E-state index contributed by atoms with van der Waals surface area (Å²) in [7, 11) is 0. The summed E-state index contributed by atoms with van der Waals surface area (Å²) in [5, 5.41) is 5.95. The topological polar surface area (TPSA) is 104 Å². The fourth-order valence-corrected chi connectivity index (χ4v) is 3.99. The Balaban J connectivity index is 1.89. The van der Waals surface area contributed by atoms with E-state index >= 15 is 0 Å². The highest BCUT2D eigenvalue weighted by atomic mass is 32.2. The first-order chi connectivity index (χ1) is 13.4. The summed E-state index contributed by atoms with van der Waals surface area (Å²) in [6, 6.07) is 5.74. The van der Waals surface area contributed by atoms with Gasteiger partial charge in [-0.2, -0.15) is 0 Å². The number of benzene rings is 1. The van der Waals surface area contributed by atoms with Crippen LogP contribution in [0.5, 0.6) is 0 Å². The second kappa shape index (κ2) is 8.60. The SMILES string of the molecule is CCCCSc1nc2c(c(=O)[nH]1)[C@@H](C(=O)Nc1cc(C)ccc1C)CC(=O)N2. The van der Waals surface area contributed by atoms with Gasteiger partial charge in [0.1, 0.15) is 5.82 Å². The molecule has 2 aromatic rings. The number of nitrogens with zero attached hydrogens (tertiary/aromatic N) is 1. The van der Waals surface area contributed by atoms with Crippen LogP contribution < -0.4 is 16.2 Å². The fourth-order valence-electron chi connectivity index (χ4n) is 3.05. The average molecular weight is 401 g/mol. The van der Waals surface area contributed by atoms with E-state index in [-0.39, 0.29) is 35.2 Å². The number of aromatic nitrogens is 2. The van der Waals surface area contributed by atoms with E-state index < -0.39 is 5.92 Å². The Kier molecular flexibility index (Phi) is 6.18. The molecule has 0 spiro atoms. The Morgan fingerprint density at radius 3 is 2.86 bits per heavy atom. The Morgan fingerprint density at radius 2 is 2.11 bits per heavy atom. The minimum atomic E-state index is -0.880. The largest absolute Gasteiger partial charge is 0.325 e. The van der Waals surface area contributed by atoms with E-state index in [1.165, 1.54) is 11.8 Å². The third-order valence-corrected chi connectivity index (χ3v) is 5.59. The molecular formula is C20H24N4O3S. The number of carbonyl (C=O) groups excluding carboxylic acids is 2. The zero-order valence-electron chi connectivity index (χ0n) is 16.2. The molecular weight excluding hydrogens is 376 g/mol. The zero-order valence-corrected chi connectivity index (χ0v) is 17.0. The molecule has 1 atom stereocenters. The molecule has 8 heteroatoms. The lowest BCUT2D eigenvalue weighted by atomic mass is 9.92. The molecule has 0 fully saturated rings. The van der Waals surface area contributed by atoms with Crippen molar-refractivity contribution in [2.24, 2.45) is 0 Å². The van der Waals surface area contributed by atoms with Crippen LogP contribution in [0.2, 0.25) is 0 Å². The van der Waals surface area contributed by atoms with E-state index in [1.54, 1.807) is 0 Å². The highest BCUT2D eigenvalue weighted by Crippen LogP contribution is 2.31. The highest BCUT2D eigenvalue weighted by molar-refractivity contribution is 7.99. The Hall–Kier alpha value is -2.61. The highest BCUT2D eigenvalue weighted by Gasteiger charge is 2.34. The lowest BCUT2D eigenvalue weighted by Gasteiger charge is -2.24. The molecule has 0 aliphatic carbocycles. The molecule has 3 rings (SSSR count). The molecule has 0 bridgehead atoms. The van der Waals surface area contributed by atoms with Crippen molar-refractivity contribution in [1.82, 2.24) is 9.97 Å². The van der Waals surface area contributed by atoms with E-state index in [1.807, 2.05) is 32.0 Å². The molecule has 0 saturated heterocycles. The maximum absolute atomic E-state index is 12.9. The molecule has 1 aromatic carbocycles. The van der Waals surface area contributed by atoms with Gasteiger partial charge in [0.05, 0.1) is 11.5 Å². The number of fused-ring (bicyclic) bond motifs is 1. The van der Waals surface area contributed by atoms with Crippen molar-refractivity contribution in [1.29, 1.82) is 0 Å². The number of carbonyl (C=O) groups is 2. The van der Waals surface area contributed by atoms with E-state index in [0.717, 1.165) is 29.7 Å². The molecule has 1 aromatic heterocycles. The number of nitrogens with one attached hydrogen (secondary N) is 3. The number of aryl methyl sites for hydroxylation is 2. The summed E-state index contributed by atoms with van der Waals surface area (Å²) in [6.45, 7) is 5.92. The van der Waals surface area contributed by atoms with Gasteiger partial charge in [0.15, 0.2) is 5.16 Å². The van der Waals surface area contributed by atoms with Crippen LogP contribution in [0.15, 0.2) is 28.2 Å². The van der Waals surface area contributed by atoms with Crippen LogP contribution in [0.3, 0.4) is 0 Å². The number of unbranched alkanes of at least 4 members (excludes halogenated alkanes) is 1. The molecule has 2 amide bonds. The lowest BCUT2D eigenvalue weighted by molar-refractivity contribution is -0.123. The number of hydrogen-bond donors (Lipinski definition) is 3. The third-order valence-electron chi connectivity index (χ3n) is 4.63. The molecule has 7 nitrogen and oxygen atoms in total. The van der Waals surface area contributed by atoms with Gasteiger partial charge >= 0.3 is 0 Å². The van der Waals surface area contributed by atoms with Gasteiger partial charge < -0.3 is 15.6 Å². The summed E-state index contributed by atoms with van der Waals surface area (Å²) in [6.07, 6.45) is 1.95. The number of anilines is 2. The summed E-state index contributed by atoms with van der Waals surface area (Å²) in [5.41, 5.74) is 2.42. The molecule has 28 heavy (non-hydrogen) atoms. The first-order valence-electron chi connectivity index (χ1n) is 9.34. The van der Waals surface area contributed by atoms with Gasteiger partial charge in [-0.05, 0) is 37.5 Å². The maximum Gasteiger partial charge on any atom is 0.257 e. The smallest absolute Gasteiger partial charge is 0.257 e. The predicted molar refractivity (Wildman–Crippen MR) is 111 cm³/mol. The maximum atomic E-state index is 12.9. The van der Waals surface area contributed by atoms with E-state index in [0.29, 0.717) is 10.8 Å². The number of thioether (sulfide) groups is 1. The first-order valence-corrected chi connectivity index (χ1v) is 10.3. The summed E-state index contributed by atoms with van der Waals surface area (Å²) in [4.78, 5) is 44.8. The van der Waals surface area contributed by atoms with Gasteiger partial charge in [-0.25, -0.2) is 4.98 Å². The van der Waals surface area contributed by atoms with Gasteiger partial charge in [0.2, 0.25) is 11.8 Å². The molecule has 0 radical (unpaired) electrons. The predicted octanol–water partition coefficient (Wildman–Crippen LogP) is 3.34. The van der Waals surface area contributed by atoms with Crippen LogP contribution in [0.25, 0.3) is 0 Å². The monoisotopic (exact) mass is 400 g/mol. The van der Waals surface area contributed by atoms with E-state index in [9.17, 15) is 14.4 Å². The van der Waals surface area contributed by atoms with Crippen LogP contribution in [-0.4, -0.2) is 27.5 Å². The minimum Gasteiger partial charge on any atom is -0.325 e. The van der Waals surface area contributed by atoms with Crippen LogP contribution in [0.4, 0.5) is 11.5 Å². The molecule has 0 saturated carbocycles. The number of rotatable bonds is 6. The number of H-pyrrole nitrogens is 1. The van der Waals surface area contributed by atoms with Gasteiger partial charge in [-0.1, -0.05) is 37.2 Å². The Labute approximate surface area is 167 Å². The van der Waals surface area contributed by atoms with Crippen molar-refractivity contribution < 1.29 is 9.59 Å². The number of amides is 2. The molecule has 1 aliphatic rings. The van der Waals surface area contributed by atoms with Crippen molar-refractivity contribution in [2.75, 3.05) is 16.4 Å². The molecule has 3 N–H and O–H groups in total. The van der Waals surface area contributed by atoms with E-state index in [2.05, 4.69) is 27.5 Å². The van der Waals surface area contributed by atoms with Gasteiger partial charge in [-0.15, -0.1) is 0 Å². The summed E-state index contributed by atoms with van der Waals surface area (Å²) >= 11 is 1.43. The van der Waals surface area contributed by atoms with Crippen molar-refractivity contribution in [3.05, 3.63) is 45.2 Å². The summed E-state index contributed by atoms with van der Waals surface area (Å²) < 4.78 is 0. The number of aromatic amines is 1. The Morgan fingerprint density at radius 1 is 1.32 bits per heavy atom. The molecule has 1 aliphatic heterocycles. The van der Waals surface area contributed by atoms with Gasteiger partial charge in [0, 0.05) is 17.9 Å². The Bertz CT molecular complexity index is 970. The minimum absolute atomic E-state index is 0.0865. The normalized spacial score (nSPS) is 15.7. The zero-order chi connectivity index (χ0) is 20.3. The second-order valence-corrected chi connectivity index (χ2v) is 8.03. The van der Waals surface area contributed by atoms with Crippen LogP contribution in [-0.2, 0) is 9.59 Å². The molecule has 148 valence electrons. The molecule has 0 unspecified atom stereocenters. The lowest BCUT2D eigenvalue weighted by Crippen LogP contribution is -2.36. The second-order valence-electron chi connectivity index (χ2n) is 6.95. The van der Waals surface area contributed by atoms with E-state index in [4.69, 9.17) is 0 Å². The van der Waals surface area contributed by atoms with Crippen LogP contribution in [0.1, 0.15) is 48.8 Å². The summed E-state index contributed by atoms with van der Waals surface area (Å²) in [5.74, 6) is -0.586. The number of hydrogen-bond acceptors (Lipinski definition) is 5.